The van der Waals surface area contributed by atoms with Crippen LogP contribution in [0.15, 0.2) is 46.9 Å². The SMILES string of the molecule is Cc1c(C(=O)NNC(=O)c2ccccc2F)oc2c(F)cccc12. The molecule has 5 nitrogen and oxygen atoms in total. The predicted molar refractivity (Wildman–Crippen MR) is 82.2 cm³/mol. The molecule has 2 N–H and O–H groups in total. The Labute approximate surface area is 135 Å². The molecule has 0 unspecified atom stereocenters. The highest BCUT2D eigenvalue weighted by molar-refractivity contribution is 6.01. The summed E-state index contributed by atoms with van der Waals surface area (Å²) in [5.41, 5.74) is 4.39. The number of aryl methyl sites for hydroxylation is 1. The number of carbonyl (C=O) groups excluding carboxylic acids is 2. The van der Waals surface area contributed by atoms with Crippen LogP contribution in [-0.4, -0.2) is 11.8 Å². The Balaban J connectivity index is 1.79. The summed E-state index contributed by atoms with van der Waals surface area (Å²) < 4.78 is 32.4. The van der Waals surface area contributed by atoms with Crippen LogP contribution in [0.25, 0.3) is 11.0 Å². The van der Waals surface area contributed by atoms with Crippen molar-refractivity contribution < 1.29 is 22.8 Å². The highest BCUT2D eigenvalue weighted by Crippen LogP contribution is 2.27. The molecule has 1 aromatic heterocycles. The molecule has 122 valence electrons. The average molecular weight is 330 g/mol. The van der Waals surface area contributed by atoms with Gasteiger partial charge in [-0.15, -0.1) is 0 Å². The number of hydrogen-bond donors (Lipinski definition) is 2. The molecule has 0 aliphatic heterocycles. The summed E-state index contributed by atoms with van der Waals surface area (Å²) in [6, 6.07) is 9.67. The van der Waals surface area contributed by atoms with E-state index in [-0.39, 0.29) is 16.9 Å². The number of amides is 2. The largest absolute Gasteiger partial charge is 0.447 e. The number of carbonyl (C=O) groups is 2. The molecular weight excluding hydrogens is 318 g/mol. The molecule has 1 heterocycles. The van der Waals surface area contributed by atoms with Gasteiger partial charge in [0.2, 0.25) is 0 Å². The third-order valence-corrected chi connectivity index (χ3v) is 3.53. The molecule has 0 aliphatic carbocycles. The average Bonchev–Trinajstić information content (AvgIpc) is 2.91. The van der Waals surface area contributed by atoms with Crippen molar-refractivity contribution in [2.45, 2.75) is 6.92 Å². The first-order chi connectivity index (χ1) is 11.5. The first-order valence-electron chi connectivity index (χ1n) is 7.02. The molecule has 2 aromatic carbocycles. The fourth-order valence-electron chi connectivity index (χ4n) is 2.31. The van der Waals surface area contributed by atoms with Crippen molar-refractivity contribution in [2.75, 3.05) is 0 Å². The fourth-order valence-corrected chi connectivity index (χ4v) is 2.31. The number of nitrogens with one attached hydrogen (secondary N) is 2. The molecule has 0 saturated heterocycles. The fraction of sp³-hybridized carbons (Fsp3) is 0.0588. The van der Waals surface area contributed by atoms with Crippen LogP contribution >= 0.6 is 0 Å². The molecule has 0 bridgehead atoms. The Morgan fingerprint density at radius 1 is 0.917 bits per heavy atom. The van der Waals surface area contributed by atoms with Crippen LogP contribution in [0, 0.1) is 18.6 Å². The van der Waals surface area contributed by atoms with E-state index in [1.54, 1.807) is 13.0 Å². The van der Waals surface area contributed by atoms with Gasteiger partial charge in [-0.3, -0.25) is 20.4 Å². The Bertz CT molecular complexity index is 950. The molecule has 0 radical (unpaired) electrons. The summed E-state index contributed by atoms with van der Waals surface area (Å²) in [7, 11) is 0. The molecule has 7 heteroatoms. The minimum absolute atomic E-state index is 0.0411. The van der Waals surface area contributed by atoms with Gasteiger partial charge in [0.15, 0.2) is 17.2 Å². The Morgan fingerprint density at radius 2 is 1.58 bits per heavy atom. The molecule has 3 rings (SSSR count). The molecule has 24 heavy (non-hydrogen) atoms. The van der Waals surface area contributed by atoms with E-state index in [2.05, 4.69) is 10.9 Å². The summed E-state index contributed by atoms with van der Waals surface area (Å²) in [5.74, 6) is -3.03. The van der Waals surface area contributed by atoms with Gasteiger partial charge in [0, 0.05) is 10.9 Å². The lowest BCUT2D eigenvalue weighted by Crippen LogP contribution is -2.42. The van der Waals surface area contributed by atoms with Gasteiger partial charge in [-0.05, 0) is 25.1 Å². The first-order valence-corrected chi connectivity index (χ1v) is 7.02. The van der Waals surface area contributed by atoms with Crippen molar-refractivity contribution in [3.8, 4) is 0 Å². The normalized spacial score (nSPS) is 10.6. The maximum absolute atomic E-state index is 13.7. The van der Waals surface area contributed by atoms with Crippen molar-refractivity contribution >= 4 is 22.8 Å². The zero-order valence-corrected chi connectivity index (χ0v) is 12.5. The van der Waals surface area contributed by atoms with Crippen molar-refractivity contribution in [2.24, 2.45) is 0 Å². The lowest BCUT2D eigenvalue weighted by atomic mass is 10.1. The van der Waals surface area contributed by atoms with Crippen LogP contribution in [-0.2, 0) is 0 Å². The second-order valence-electron chi connectivity index (χ2n) is 5.06. The monoisotopic (exact) mass is 330 g/mol. The van der Waals surface area contributed by atoms with Crippen LogP contribution in [0.1, 0.15) is 26.5 Å². The Hall–Kier alpha value is -3.22. The number of fused-ring (bicyclic) bond motifs is 1. The molecular formula is C17H12F2N2O3. The van der Waals surface area contributed by atoms with Crippen LogP contribution in [0.4, 0.5) is 8.78 Å². The number of furan rings is 1. The number of rotatable bonds is 2. The summed E-state index contributed by atoms with van der Waals surface area (Å²) >= 11 is 0. The zero-order chi connectivity index (χ0) is 17.3. The van der Waals surface area contributed by atoms with Gasteiger partial charge < -0.3 is 4.42 Å². The van der Waals surface area contributed by atoms with Crippen molar-refractivity contribution in [3.63, 3.8) is 0 Å². The molecule has 0 spiro atoms. The maximum atomic E-state index is 13.7. The van der Waals surface area contributed by atoms with E-state index >= 15 is 0 Å². The van der Waals surface area contributed by atoms with Crippen LogP contribution in [0.2, 0.25) is 0 Å². The van der Waals surface area contributed by atoms with Gasteiger partial charge >= 0.3 is 5.91 Å². The lowest BCUT2D eigenvalue weighted by molar-refractivity contribution is 0.0829. The summed E-state index contributed by atoms with van der Waals surface area (Å²) in [5, 5.41) is 0.459. The summed E-state index contributed by atoms with van der Waals surface area (Å²) in [6.45, 7) is 1.60. The van der Waals surface area contributed by atoms with E-state index in [1.807, 2.05) is 0 Å². The first kappa shape index (κ1) is 15.7. The third-order valence-electron chi connectivity index (χ3n) is 3.53. The molecule has 2 amide bonds. The minimum atomic E-state index is -0.818. The number of hydrazine groups is 1. The summed E-state index contributed by atoms with van der Waals surface area (Å²) in [4.78, 5) is 24.0. The van der Waals surface area contributed by atoms with Crippen molar-refractivity contribution in [1.82, 2.24) is 10.9 Å². The van der Waals surface area contributed by atoms with Gasteiger partial charge in [0.05, 0.1) is 5.56 Å². The predicted octanol–water partition coefficient (Wildman–Crippen LogP) is 3.09. The Morgan fingerprint density at radius 3 is 2.29 bits per heavy atom. The lowest BCUT2D eigenvalue weighted by Gasteiger charge is -2.07. The second-order valence-corrected chi connectivity index (χ2v) is 5.06. The third kappa shape index (κ3) is 2.71. The molecule has 0 saturated carbocycles. The Kier molecular flexibility index (Phi) is 3.99. The van der Waals surface area contributed by atoms with E-state index in [9.17, 15) is 18.4 Å². The van der Waals surface area contributed by atoms with E-state index in [0.717, 1.165) is 6.07 Å². The topological polar surface area (TPSA) is 71.3 Å². The zero-order valence-electron chi connectivity index (χ0n) is 12.5. The van der Waals surface area contributed by atoms with E-state index in [4.69, 9.17) is 4.42 Å². The quantitative estimate of drug-likeness (QED) is 0.709. The van der Waals surface area contributed by atoms with Crippen LogP contribution < -0.4 is 10.9 Å². The van der Waals surface area contributed by atoms with Crippen molar-refractivity contribution in [3.05, 3.63) is 71.0 Å². The molecule has 0 aliphatic rings. The number of hydrogen-bond acceptors (Lipinski definition) is 3. The van der Waals surface area contributed by atoms with Gasteiger partial charge in [-0.2, -0.15) is 0 Å². The number of para-hydroxylation sites is 1. The van der Waals surface area contributed by atoms with Crippen molar-refractivity contribution in [1.29, 1.82) is 0 Å². The molecule has 0 fully saturated rings. The minimum Gasteiger partial charge on any atom is -0.447 e. The van der Waals surface area contributed by atoms with E-state index in [1.165, 1.54) is 30.3 Å². The molecule has 3 aromatic rings. The smallest absolute Gasteiger partial charge is 0.305 e. The van der Waals surface area contributed by atoms with Gasteiger partial charge in [-0.1, -0.05) is 24.3 Å². The molecule has 0 atom stereocenters. The van der Waals surface area contributed by atoms with Crippen LogP contribution in [0.5, 0.6) is 0 Å². The van der Waals surface area contributed by atoms with E-state index < -0.39 is 23.4 Å². The maximum Gasteiger partial charge on any atom is 0.305 e. The van der Waals surface area contributed by atoms with E-state index in [0.29, 0.717) is 10.9 Å². The highest BCUT2D eigenvalue weighted by atomic mass is 19.1. The number of halogens is 2. The standard InChI is InChI=1S/C17H12F2N2O3/c1-9-10-6-4-8-13(19)15(10)24-14(9)17(23)21-20-16(22)11-5-2-3-7-12(11)18/h2-8H,1H3,(H,20,22)(H,21,23). The van der Waals surface area contributed by atoms with Gasteiger partial charge in [-0.25, -0.2) is 8.78 Å². The highest BCUT2D eigenvalue weighted by Gasteiger charge is 2.20. The van der Waals surface area contributed by atoms with Crippen LogP contribution in [0.3, 0.4) is 0 Å². The summed E-state index contributed by atoms with van der Waals surface area (Å²) in [6.07, 6.45) is 0. The van der Waals surface area contributed by atoms with Gasteiger partial charge in [0.1, 0.15) is 5.82 Å². The van der Waals surface area contributed by atoms with Gasteiger partial charge in [0.25, 0.3) is 5.91 Å². The second kappa shape index (κ2) is 6.11. The number of benzene rings is 2.